The molecule has 1 fully saturated rings. The Morgan fingerprint density at radius 3 is 2.82 bits per heavy atom. The van der Waals surface area contributed by atoms with E-state index in [0.29, 0.717) is 10.9 Å². The molecule has 1 saturated carbocycles. The fourth-order valence-corrected chi connectivity index (χ4v) is 3.81. The number of halogens is 2. The molecule has 2 atom stereocenters. The third kappa shape index (κ3) is 3.70. The van der Waals surface area contributed by atoms with E-state index in [9.17, 15) is 0 Å². The molecule has 1 aromatic rings. The Morgan fingerprint density at radius 2 is 2.12 bits per heavy atom. The lowest BCUT2D eigenvalue weighted by atomic mass is 9.94. The van der Waals surface area contributed by atoms with Crippen molar-refractivity contribution < 1.29 is 0 Å². The van der Waals surface area contributed by atoms with Crippen LogP contribution in [0.25, 0.3) is 0 Å². The summed E-state index contributed by atoms with van der Waals surface area (Å²) < 4.78 is 0. The lowest BCUT2D eigenvalue weighted by Crippen LogP contribution is -2.40. The van der Waals surface area contributed by atoms with Gasteiger partial charge in [0.05, 0.1) is 0 Å². The highest BCUT2D eigenvalue weighted by Gasteiger charge is 2.26. The molecule has 1 nitrogen and oxygen atoms in total. The van der Waals surface area contributed by atoms with Gasteiger partial charge in [-0.05, 0) is 37.6 Å². The van der Waals surface area contributed by atoms with Gasteiger partial charge in [-0.1, -0.05) is 52.5 Å². The van der Waals surface area contributed by atoms with Gasteiger partial charge in [-0.25, -0.2) is 0 Å². The van der Waals surface area contributed by atoms with Gasteiger partial charge in [0, 0.05) is 22.4 Å². The Kier molecular flexibility index (Phi) is 4.89. The molecule has 2 rings (SSSR count). The van der Waals surface area contributed by atoms with Crippen LogP contribution < -0.4 is 0 Å². The van der Waals surface area contributed by atoms with E-state index in [1.165, 1.54) is 31.2 Å². The standard InChI is InChI=1S/C14H19BrClN/c1-17(14-8-3-2-7-13(14)15)10-11-5-4-6-12(16)9-11/h4-6,9,13-14H,2-3,7-8,10H2,1H3. The van der Waals surface area contributed by atoms with Crippen LogP contribution in [0.3, 0.4) is 0 Å². The molecule has 17 heavy (non-hydrogen) atoms. The average molecular weight is 317 g/mol. The van der Waals surface area contributed by atoms with E-state index in [4.69, 9.17) is 11.6 Å². The Morgan fingerprint density at radius 1 is 1.35 bits per heavy atom. The zero-order valence-corrected chi connectivity index (χ0v) is 12.5. The first-order valence-electron chi connectivity index (χ1n) is 6.25. The van der Waals surface area contributed by atoms with Gasteiger partial charge in [0.2, 0.25) is 0 Å². The van der Waals surface area contributed by atoms with Gasteiger partial charge in [0.1, 0.15) is 0 Å². The van der Waals surface area contributed by atoms with E-state index in [0.717, 1.165) is 11.6 Å². The summed E-state index contributed by atoms with van der Waals surface area (Å²) in [7, 11) is 2.21. The number of hydrogen-bond donors (Lipinski definition) is 0. The highest BCUT2D eigenvalue weighted by atomic mass is 79.9. The van der Waals surface area contributed by atoms with Crippen LogP contribution in [-0.2, 0) is 6.54 Å². The zero-order chi connectivity index (χ0) is 12.3. The Hall–Kier alpha value is -0.0500. The van der Waals surface area contributed by atoms with Crippen LogP contribution in [0.1, 0.15) is 31.2 Å². The van der Waals surface area contributed by atoms with E-state index in [-0.39, 0.29) is 0 Å². The van der Waals surface area contributed by atoms with Gasteiger partial charge >= 0.3 is 0 Å². The van der Waals surface area contributed by atoms with Crippen molar-refractivity contribution in [1.29, 1.82) is 0 Å². The average Bonchev–Trinajstić information content (AvgIpc) is 2.29. The van der Waals surface area contributed by atoms with E-state index < -0.39 is 0 Å². The molecule has 0 radical (unpaired) electrons. The first-order valence-corrected chi connectivity index (χ1v) is 7.55. The van der Waals surface area contributed by atoms with Crippen LogP contribution in [0, 0.1) is 0 Å². The molecule has 1 aliphatic carbocycles. The summed E-state index contributed by atoms with van der Waals surface area (Å²) in [6.07, 6.45) is 5.31. The Labute approximate surface area is 117 Å². The van der Waals surface area contributed by atoms with Crippen molar-refractivity contribution in [3.05, 3.63) is 34.9 Å². The maximum atomic E-state index is 6.01. The van der Waals surface area contributed by atoms with Crippen molar-refractivity contribution in [3.8, 4) is 0 Å². The van der Waals surface area contributed by atoms with Crippen LogP contribution in [0.5, 0.6) is 0 Å². The van der Waals surface area contributed by atoms with Gasteiger partial charge in [0.15, 0.2) is 0 Å². The Bertz CT molecular complexity index is 369. The van der Waals surface area contributed by atoms with Crippen LogP contribution in [0.4, 0.5) is 0 Å². The van der Waals surface area contributed by atoms with Crippen molar-refractivity contribution in [1.82, 2.24) is 4.90 Å². The maximum absolute atomic E-state index is 6.01. The monoisotopic (exact) mass is 315 g/mol. The molecule has 1 aromatic carbocycles. The molecule has 94 valence electrons. The maximum Gasteiger partial charge on any atom is 0.0409 e. The number of benzene rings is 1. The molecule has 0 bridgehead atoms. The second-order valence-electron chi connectivity index (χ2n) is 4.91. The first-order chi connectivity index (χ1) is 8.16. The van der Waals surface area contributed by atoms with Crippen molar-refractivity contribution in [2.45, 2.75) is 43.1 Å². The van der Waals surface area contributed by atoms with E-state index in [1.54, 1.807) is 0 Å². The fraction of sp³-hybridized carbons (Fsp3) is 0.571. The molecular formula is C14H19BrClN. The summed E-state index contributed by atoms with van der Waals surface area (Å²) in [6.45, 7) is 0.979. The summed E-state index contributed by atoms with van der Waals surface area (Å²) in [5, 5.41) is 0.829. The van der Waals surface area contributed by atoms with Gasteiger partial charge in [-0.15, -0.1) is 0 Å². The van der Waals surface area contributed by atoms with Gasteiger partial charge < -0.3 is 0 Å². The minimum absolute atomic E-state index is 0.639. The molecule has 1 aliphatic rings. The van der Waals surface area contributed by atoms with E-state index in [2.05, 4.69) is 40.0 Å². The molecule has 0 spiro atoms. The normalized spacial score (nSPS) is 25.2. The molecule has 0 aliphatic heterocycles. The van der Waals surface area contributed by atoms with Crippen LogP contribution in [0.15, 0.2) is 24.3 Å². The predicted octanol–water partition coefficient (Wildman–Crippen LogP) is 4.48. The third-order valence-corrected chi connectivity index (χ3v) is 4.84. The molecule has 0 heterocycles. The second-order valence-corrected chi connectivity index (χ2v) is 6.53. The lowest BCUT2D eigenvalue weighted by molar-refractivity contribution is 0.193. The second kappa shape index (κ2) is 6.21. The zero-order valence-electron chi connectivity index (χ0n) is 10.2. The molecular weight excluding hydrogens is 298 g/mol. The van der Waals surface area contributed by atoms with Crippen LogP contribution in [0.2, 0.25) is 5.02 Å². The molecule has 2 unspecified atom stereocenters. The quantitative estimate of drug-likeness (QED) is 0.743. The summed E-state index contributed by atoms with van der Waals surface area (Å²) in [5.41, 5.74) is 1.30. The molecule has 0 saturated heterocycles. The molecule has 0 aromatic heterocycles. The van der Waals surface area contributed by atoms with Gasteiger partial charge in [-0.2, -0.15) is 0 Å². The van der Waals surface area contributed by atoms with Crippen LogP contribution >= 0.6 is 27.5 Å². The van der Waals surface area contributed by atoms with Crippen LogP contribution in [-0.4, -0.2) is 22.8 Å². The highest BCUT2D eigenvalue weighted by Crippen LogP contribution is 2.28. The third-order valence-electron chi connectivity index (χ3n) is 3.53. The number of hydrogen-bond acceptors (Lipinski definition) is 1. The van der Waals surface area contributed by atoms with Gasteiger partial charge in [-0.3, -0.25) is 4.90 Å². The molecule has 0 amide bonds. The van der Waals surface area contributed by atoms with Crippen molar-refractivity contribution in [2.24, 2.45) is 0 Å². The smallest absolute Gasteiger partial charge is 0.0409 e. The summed E-state index contributed by atoms with van der Waals surface area (Å²) in [5.74, 6) is 0. The van der Waals surface area contributed by atoms with Crippen molar-refractivity contribution in [3.63, 3.8) is 0 Å². The summed E-state index contributed by atoms with van der Waals surface area (Å²) >= 11 is 9.83. The van der Waals surface area contributed by atoms with Gasteiger partial charge in [0.25, 0.3) is 0 Å². The summed E-state index contributed by atoms with van der Waals surface area (Å²) in [6, 6.07) is 8.82. The van der Waals surface area contributed by atoms with Crippen molar-refractivity contribution >= 4 is 27.5 Å². The largest absolute Gasteiger partial charge is 0.298 e. The molecule has 0 N–H and O–H groups in total. The topological polar surface area (TPSA) is 3.24 Å². The minimum atomic E-state index is 0.639. The number of rotatable bonds is 3. The molecule has 3 heteroatoms. The van der Waals surface area contributed by atoms with E-state index in [1.807, 2.05) is 12.1 Å². The minimum Gasteiger partial charge on any atom is -0.298 e. The number of nitrogens with zero attached hydrogens (tertiary/aromatic N) is 1. The Balaban J connectivity index is 1.98. The summed E-state index contributed by atoms with van der Waals surface area (Å²) in [4.78, 5) is 3.09. The fourth-order valence-electron chi connectivity index (χ4n) is 2.60. The highest BCUT2D eigenvalue weighted by molar-refractivity contribution is 9.09. The first kappa shape index (κ1) is 13.4. The number of alkyl halides is 1. The predicted molar refractivity (Wildman–Crippen MR) is 77.9 cm³/mol. The SMILES string of the molecule is CN(Cc1cccc(Cl)c1)C1CCCCC1Br. The van der Waals surface area contributed by atoms with E-state index >= 15 is 0 Å². The van der Waals surface area contributed by atoms with Crippen molar-refractivity contribution in [2.75, 3.05) is 7.05 Å². The lowest BCUT2D eigenvalue weighted by Gasteiger charge is -2.35.